The van der Waals surface area contributed by atoms with Crippen molar-refractivity contribution in [2.24, 2.45) is 0 Å². The molecule has 0 spiro atoms. The highest BCUT2D eigenvalue weighted by atomic mass is 16.5. The van der Waals surface area contributed by atoms with Crippen LogP contribution in [-0.4, -0.2) is 7.11 Å². The Labute approximate surface area is 87.1 Å². The average Bonchev–Trinajstić information content (AvgIpc) is 2.64. The molecule has 78 valence electrons. The molecule has 1 aliphatic carbocycles. The van der Waals surface area contributed by atoms with Gasteiger partial charge in [0.05, 0.1) is 7.11 Å². The Morgan fingerprint density at radius 1 is 1.29 bits per heavy atom. The summed E-state index contributed by atoms with van der Waals surface area (Å²) in [7, 11) is 1.75. The Hall–Kier alpha value is -0.980. The Morgan fingerprint density at radius 3 is 2.64 bits per heavy atom. The van der Waals surface area contributed by atoms with Crippen molar-refractivity contribution in [3.63, 3.8) is 0 Å². The highest BCUT2D eigenvalue weighted by Crippen LogP contribution is 2.37. The monoisotopic (exact) mass is 192 g/mol. The molecule has 0 aliphatic heterocycles. The minimum atomic E-state index is 0.718. The van der Waals surface area contributed by atoms with Gasteiger partial charge in [0.1, 0.15) is 5.75 Å². The lowest BCUT2D eigenvalue weighted by atomic mass is 10.0. The lowest BCUT2D eigenvalue weighted by molar-refractivity contribution is 0.410. The van der Waals surface area contributed by atoms with Gasteiger partial charge >= 0.3 is 0 Å². The maximum Gasteiger partial charge on any atom is 0.122 e. The van der Waals surface area contributed by atoms with Gasteiger partial charge in [0.25, 0.3) is 0 Å². The van der Waals surface area contributed by atoms with E-state index in [0.29, 0.717) is 0 Å². The van der Waals surface area contributed by atoms with Crippen LogP contribution < -0.4 is 4.74 Å². The Balaban J connectivity index is 0.000000461. The van der Waals surface area contributed by atoms with Crippen LogP contribution in [-0.2, 0) is 6.42 Å². The molecule has 0 fully saturated rings. The fourth-order valence-electron chi connectivity index (χ4n) is 2.02. The van der Waals surface area contributed by atoms with Crippen LogP contribution in [0.3, 0.4) is 0 Å². The molecule has 1 atom stereocenters. The molecular weight excluding hydrogens is 172 g/mol. The van der Waals surface area contributed by atoms with Crippen molar-refractivity contribution in [2.75, 3.05) is 7.11 Å². The van der Waals surface area contributed by atoms with Crippen LogP contribution in [0.15, 0.2) is 18.2 Å². The first-order valence-electron chi connectivity index (χ1n) is 5.48. The van der Waals surface area contributed by atoms with E-state index in [0.717, 1.165) is 11.7 Å². The summed E-state index contributed by atoms with van der Waals surface area (Å²) in [5, 5.41) is 0. The molecular formula is C13H20O. The van der Waals surface area contributed by atoms with Crippen LogP contribution in [0.25, 0.3) is 0 Å². The van der Waals surface area contributed by atoms with Crippen LogP contribution in [0.1, 0.15) is 44.2 Å². The van der Waals surface area contributed by atoms with Gasteiger partial charge in [-0.3, -0.25) is 0 Å². The second-order valence-electron chi connectivity index (χ2n) is 3.47. The maximum absolute atomic E-state index is 5.31. The molecule has 0 heterocycles. The fraction of sp³-hybridized carbons (Fsp3) is 0.538. The number of fused-ring (bicyclic) bond motifs is 1. The van der Waals surface area contributed by atoms with Crippen LogP contribution in [0, 0.1) is 0 Å². The molecule has 0 N–H and O–H groups in total. The largest absolute Gasteiger partial charge is 0.496 e. The van der Waals surface area contributed by atoms with Crippen molar-refractivity contribution in [3.8, 4) is 5.75 Å². The van der Waals surface area contributed by atoms with E-state index in [1.54, 1.807) is 7.11 Å². The van der Waals surface area contributed by atoms with Gasteiger partial charge in [0.2, 0.25) is 0 Å². The number of rotatable bonds is 1. The molecule has 0 aromatic heterocycles. The predicted molar refractivity (Wildman–Crippen MR) is 61.1 cm³/mol. The van der Waals surface area contributed by atoms with Gasteiger partial charge < -0.3 is 4.74 Å². The van der Waals surface area contributed by atoms with Crippen molar-refractivity contribution in [1.29, 1.82) is 0 Å². The third-order valence-corrected chi connectivity index (χ3v) is 2.75. The van der Waals surface area contributed by atoms with Crippen molar-refractivity contribution in [1.82, 2.24) is 0 Å². The molecule has 0 bridgehead atoms. The van der Waals surface area contributed by atoms with E-state index in [1.165, 1.54) is 24.0 Å². The zero-order valence-electron chi connectivity index (χ0n) is 9.63. The molecule has 0 radical (unpaired) electrons. The van der Waals surface area contributed by atoms with Crippen LogP contribution in [0.5, 0.6) is 5.75 Å². The van der Waals surface area contributed by atoms with E-state index >= 15 is 0 Å². The number of benzene rings is 1. The van der Waals surface area contributed by atoms with Crippen molar-refractivity contribution in [2.45, 2.75) is 39.5 Å². The first-order valence-corrected chi connectivity index (χ1v) is 5.48. The van der Waals surface area contributed by atoms with Crippen molar-refractivity contribution in [3.05, 3.63) is 29.3 Å². The van der Waals surface area contributed by atoms with Gasteiger partial charge in [0.15, 0.2) is 0 Å². The quantitative estimate of drug-likeness (QED) is 0.658. The second-order valence-corrected chi connectivity index (χ2v) is 3.47. The van der Waals surface area contributed by atoms with E-state index in [-0.39, 0.29) is 0 Å². The Kier molecular flexibility index (Phi) is 3.99. The van der Waals surface area contributed by atoms with Crippen LogP contribution in [0.4, 0.5) is 0 Å². The summed E-state index contributed by atoms with van der Waals surface area (Å²) in [6.45, 7) is 6.28. The van der Waals surface area contributed by atoms with Gasteiger partial charge in [-0.15, -0.1) is 0 Å². The molecule has 1 heteroatoms. The van der Waals surface area contributed by atoms with Crippen molar-refractivity contribution < 1.29 is 4.74 Å². The Bertz CT molecular complexity index is 291. The van der Waals surface area contributed by atoms with Gasteiger partial charge in [-0.1, -0.05) is 32.9 Å². The summed E-state index contributed by atoms with van der Waals surface area (Å²) in [6.07, 6.45) is 2.45. The number of methoxy groups -OCH3 is 1. The smallest absolute Gasteiger partial charge is 0.122 e. The molecule has 14 heavy (non-hydrogen) atoms. The third-order valence-electron chi connectivity index (χ3n) is 2.75. The fourth-order valence-corrected chi connectivity index (χ4v) is 2.02. The topological polar surface area (TPSA) is 9.23 Å². The SMILES string of the molecule is CC.COc1cccc2c1CCC2C. The zero-order valence-corrected chi connectivity index (χ0v) is 9.63. The van der Waals surface area contributed by atoms with Gasteiger partial charge in [-0.25, -0.2) is 0 Å². The summed E-state index contributed by atoms with van der Waals surface area (Å²) >= 11 is 0. The van der Waals surface area contributed by atoms with E-state index in [9.17, 15) is 0 Å². The first-order chi connectivity index (χ1) is 6.83. The second kappa shape index (κ2) is 5.04. The lowest BCUT2D eigenvalue weighted by Gasteiger charge is -2.07. The van der Waals surface area contributed by atoms with Crippen LogP contribution in [0.2, 0.25) is 0 Å². The summed E-state index contributed by atoms with van der Waals surface area (Å²) in [4.78, 5) is 0. The molecule has 1 aliphatic rings. The summed E-state index contributed by atoms with van der Waals surface area (Å²) in [5.41, 5.74) is 2.90. The van der Waals surface area contributed by atoms with E-state index in [2.05, 4.69) is 25.1 Å². The molecule has 2 rings (SSSR count). The minimum Gasteiger partial charge on any atom is -0.496 e. The van der Waals surface area contributed by atoms with Gasteiger partial charge in [-0.2, -0.15) is 0 Å². The molecule has 1 unspecified atom stereocenters. The van der Waals surface area contributed by atoms with Crippen molar-refractivity contribution >= 4 is 0 Å². The average molecular weight is 192 g/mol. The summed E-state index contributed by atoms with van der Waals surface area (Å²) in [5.74, 6) is 1.78. The van der Waals surface area contributed by atoms with Gasteiger partial charge in [-0.05, 0) is 36.0 Å². The predicted octanol–water partition coefficient (Wildman–Crippen LogP) is 3.77. The highest BCUT2D eigenvalue weighted by molar-refractivity contribution is 5.44. The molecule has 1 aromatic rings. The zero-order chi connectivity index (χ0) is 10.6. The molecule has 0 saturated heterocycles. The number of ether oxygens (including phenoxy) is 1. The molecule has 0 saturated carbocycles. The highest BCUT2D eigenvalue weighted by Gasteiger charge is 2.20. The summed E-state index contributed by atoms with van der Waals surface area (Å²) in [6, 6.07) is 6.35. The van der Waals surface area contributed by atoms with E-state index in [4.69, 9.17) is 4.74 Å². The number of hydrogen-bond donors (Lipinski definition) is 0. The maximum atomic E-state index is 5.31. The van der Waals surface area contributed by atoms with E-state index < -0.39 is 0 Å². The van der Waals surface area contributed by atoms with Gasteiger partial charge in [0, 0.05) is 0 Å². The normalized spacial score (nSPS) is 18.1. The summed E-state index contributed by atoms with van der Waals surface area (Å²) < 4.78 is 5.31. The van der Waals surface area contributed by atoms with Crippen LogP contribution >= 0.6 is 0 Å². The molecule has 0 amide bonds. The number of hydrogen-bond acceptors (Lipinski definition) is 1. The molecule has 1 nitrogen and oxygen atoms in total. The molecule has 1 aromatic carbocycles. The Morgan fingerprint density at radius 2 is 2.00 bits per heavy atom. The lowest BCUT2D eigenvalue weighted by Crippen LogP contribution is -1.90. The first kappa shape index (κ1) is 11.1. The standard InChI is InChI=1S/C11H14O.C2H6/c1-8-6-7-10-9(8)4-3-5-11(10)12-2;1-2/h3-5,8H,6-7H2,1-2H3;1-2H3. The third kappa shape index (κ3) is 1.92. The minimum absolute atomic E-state index is 0.718. The van der Waals surface area contributed by atoms with E-state index in [1.807, 2.05) is 13.8 Å².